The highest BCUT2D eigenvalue weighted by atomic mass is 16.5. The van der Waals surface area contributed by atoms with Crippen molar-refractivity contribution in [1.82, 2.24) is 10.0 Å². The molecule has 2 rings (SSSR count). The van der Waals surface area contributed by atoms with Crippen LogP contribution in [-0.4, -0.2) is 49.4 Å². The highest BCUT2D eigenvalue weighted by Crippen LogP contribution is 2.27. The molecule has 0 aliphatic carbocycles. The molecule has 2 aliphatic rings. The zero-order valence-electron chi connectivity index (χ0n) is 6.58. The first-order valence-electron chi connectivity index (χ1n) is 3.83. The van der Waals surface area contributed by atoms with Gasteiger partial charge in [0, 0.05) is 20.6 Å². The van der Waals surface area contributed by atoms with Crippen LogP contribution in [0.2, 0.25) is 0 Å². The molecule has 0 saturated carbocycles. The van der Waals surface area contributed by atoms with Crippen molar-refractivity contribution in [3.63, 3.8) is 0 Å². The fourth-order valence-electron chi connectivity index (χ4n) is 1.87. The van der Waals surface area contributed by atoms with Crippen LogP contribution in [0.25, 0.3) is 0 Å². The van der Waals surface area contributed by atoms with Crippen LogP contribution in [0.1, 0.15) is 6.42 Å². The maximum absolute atomic E-state index is 5.46. The maximum Gasteiger partial charge on any atom is 0.0733 e. The third-order valence-electron chi connectivity index (χ3n) is 2.39. The van der Waals surface area contributed by atoms with Gasteiger partial charge in [-0.25, -0.2) is 10.0 Å². The van der Waals surface area contributed by atoms with E-state index in [1.54, 1.807) is 0 Å². The number of hydrogen-bond donors (Lipinski definition) is 0. The van der Waals surface area contributed by atoms with E-state index in [1.165, 1.54) is 6.42 Å². The van der Waals surface area contributed by atoms with Crippen LogP contribution in [0.4, 0.5) is 0 Å². The molecule has 2 heterocycles. The van der Waals surface area contributed by atoms with Crippen molar-refractivity contribution in [3.8, 4) is 0 Å². The van der Waals surface area contributed by atoms with Gasteiger partial charge in [0.15, 0.2) is 0 Å². The summed E-state index contributed by atoms with van der Waals surface area (Å²) in [5.74, 6) is 0. The second kappa shape index (κ2) is 2.19. The average Bonchev–Trinajstić information content (AvgIpc) is 2.44. The first-order chi connectivity index (χ1) is 4.77. The third-order valence-corrected chi connectivity index (χ3v) is 2.39. The average molecular weight is 142 g/mol. The lowest BCUT2D eigenvalue weighted by Gasteiger charge is -2.32. The molecule has 3 heteroatoms. The molecule has 2 saturated heterocycles. The van der Waals surface area contributed by atoms with E-state index in [-0.39, 0.29) is 0 Å². The Labute approximate surface area is 61.5 Å². The van der Waals surface area contributed by atoms with Crippen molar-refractivity contribution in [2.75, 3.05) is 27.2 Å². The van der Waals surface area contributed by atoms with Gasteiger partial charge in [-0.15, -0.1) is 0 Å². The highest BCUT2D eigenvalue weighted by Gasteiger charge is 2.39. The van der Waals surface area contributed by atoms with Gasteiger partial charge in [0.1, 0.15) is 0 Å². The summed E-state index contributed by atoms with van der Waals surface area (Å²) in [7, 11) is 4.20. The van der Waals surface area contributed by atoms with Crippen LogP contribution in [0.3, 0.4) is 0 Å². The second-order valence-corrected chi connectivity index (χ2v) is 3.31. The minimum absolute atomic E-state index is 0.521. The SMILES string of the molecule is CN(C)N1C[C@@H]2C[C@H]1CO2. The van der Waals surface area contributed by atoms with Gasteiger partial charge in [-0.3, -0.25) is 0 Å². The molecule has 58 valence electrons. The molecule has 2 aliphatic heterocycles. The lowest BCUT2D eigenvalue weighted by molar-refractivity contribution is -0.0648. The molecule has 0 radical (unpaired) electrons. The number of hydrogen-bond acceptors (Lipinski definition) is 3. The van der Waals surface area contributed by atoms with E-state index < -0.39 is 0 Å². The van der Waals surface area contributed by atoms with E-state index >= 15 is 0 Å². The van der Waals surface area contributed by atoms with Crippen molar-refractivity contribution in [1.29, 1.82) is 0 Å². The maximum atomic E-state index is 5.46. The Morgan fingerprint density at radius 2 is 2.30 bits per heavy atom. The van der Waals surface area contributed by atoms with Crippen molar-refractivity contribution >= 4 is 0 Å². The van der Waals surface area contributed by atoms with Crippen LogP contribution < -0.4 is 0 Å². The van der Waals surface area contributed by atoms with E-state index in [0.717, 1.165) is 13.2 Å². The Morgan fingerprint density at radius 1 is 1.50 bits per heavy atom. The van der Waals surface area contributed by atoms with E-state index in [4.69, 9.17) is 4.74 Å². The number of ether oxygens (including phenoxy) is 1. The molecule has 2 bridgehead atoms. The van der Waals surface area contributed by atoms with E-state index in [1.807, 2.05) is 0 Å². The predicted molar refractivity (Wildman–Crippen MR) is 38.5 cm³/mol. The summed E-state index contributed by atoms with van der Waals surface area (Å²) in [6.07, 6.45) is 1.76. The Morgan fingerprint density at radius 3 is 2.60 bits per heavy atom. The normalized spacial score (nSPS) is 39.9. The standard InChI is InChI=1S/C7H14N2O/c1-8(2)9-4-7-3-6(9)5-10-7/h6-7H,3-5H2,1-2H3/t6-,7-/m0/s1. The predicted octanol–water partition coefficient (Wildman–Crippen LogP) is -0.0639. The lowest BCUT2D eigenvalue weighted by atomic mass is 10.3. The van der Waals surface area contributed by atoms with Gasteiger partial charge in [-0.2, -0.15) is 0 Å². The highest BCUT2D eigenvalue weighted by molar-refractivity contribution is 4.89. The molecule has 0 spiro atoms. The van der Waals surface area contributed by atoms with Crippen LogP contribution >= 0.6 is 0 Å². The molecule has 2 fully saturated rings. The largest absolute Gasteiger partial charge is 0.375 e. The Hall–Kier alpha value is -0.120. The van der Waals surface area contributed by atoms with Crippen LogP contribution in [0.15, 0.2) is 0 Å². The number of nitrogens with zero attached hydrogens (tertiary/aromatic N) is 2. The summed E-state index contributed by atoms with van der Waals surface area (Å²) in [6.45, 7) is 2.03. The first kappa shape index (κ1) is 6.58. The van der Waals surface area contributed by atoms with Crippen LogP contribution in [0, 0.1) is 0 Å². The Balaban J connectivity index is 2.02. The van der Waals surface area contributed by atoms with Crippen molar-refractivity contribution in [3.05, 3.63) is 0 Å². The van der Waals surface area contributed by atoms with Crippen molar-refractivity contribution in [2.45, 2.75) is 18.6 Å². The van der Waals surface area contributed by atoms with E-state index in [9.17, 15) is 0 Å². The van der Waals surface area contributed by atoms with Crippen molar-refractivity contribution < 1.29 is 4.74 Å². The van der Waals surface area contributed by atoms with Gasteiger partial charge in [-0.05, 0) is 6.42 Å². The quantitative estimate of drug-likeness (QED) is 0.510. The zero-order valence-corrected chi connectivity index (χ0v) is 6.58. The molecule has 0 N–H and O–H groups in total. The van der Waals surface area contributed by atoms with Gasteiger partial charge in [0.25, 0.3) is 0 Å². The number of morpholine rings is 1. The molecule has 2 atom stereocenters. The molecule has 0 aromatic heterocycles. The third kappa shape index (κ3) is 0.856. The van der Waals surface area contributed by atoms with Gasteiger partial charge >= 0.3 is 0 Å². The summed E-state index contributed by atoms with van der Waals surface area (Å²) in [5, 5.41) is 4.56. The summed E-state index contributed by atoms with van der Waals surface area (Å²) < 4.78 is 5.46. The second-order valence-electron chi connectivity index (χ2n) is 3.31. The summed E-state index contributed by atoms with van der Waals surface area (Å²) >= 11 is 0. The summed E-state index contributed by atoms with van der Waals surface area (Å²) in [4.78, 5) is 0. The fourth-order valence-corrected chi connectivity index (χ4v) is 1.87. The minimum Gasteiger partial charge on any atom is -0.375 e. The lowest BCUT2D eigenvalue weighted by Crippen LogP contribution is -2.45. The smallest absolute Gasteiger partial charge is 0.0733 e. The molecule has 0 unspecified atom stereocenters. The Kier molecular flexibility index (Phi) is 1.44. The number of fused-ring (bicyclic) bond motifs is 2. The number of rotatable bonds is 1. The minimum atomic E-state index is 0.521. The van der Waals surface area contributed by atoms with Gasteiger partial charge in [0.05, 0.1) is 18.8 Å². The molecular weight excluding hydrogens is 128 g/mol. The molecular formula is C7H14N2O. The van der Waals surface area contributed by atoms with Gasteiger partial charge < -0.3 is 4.74 Å². The molecule has 0 aromatic carbocycles. The molecule has 3 nitrogen and oxygen atoms in total. The molecule has 0 amide bonds. The fraction of sp³-hybridized carbons (Fsp3) is 1.00. The zero-order chi connectivity index (χ0) is 7.14. The van der Waals surface area contributed by atoms with E-state index in [2.05, 4.69) is 24.1 Å². The topological polar surface area (TPSA) is 15.7 Å². The van der Waals surface area contributed by atoms with E-state index in [0.29, 0.717) is 12.1 Å². The van der Waals surface area contributed by atoms with Crippen LogP contribution in [-0.2, 0) is 4.74 Å². The Bertz CT molecular complexity index is 138. The summed E-state index contributed by atoms with van der Waals surface area (Å²) in [5.41, 5.74) is 0. The van der Waals surface area contributed by atoms with Gasteiger partial charge in [0.2, 0.25) is 0 Å². The molecule has 10 heavy (non-hydrogen) atoms. The van der Waals surface area contributed by atoms with Gasteiger partial charge in [-0.1, -0.05) is 0 Å². The summed E-state index contributed by atoms with van der Waals surface area (Å²) in [6, 6.07) is 0.667. The van der Waals surface area contributed by atoms with Crippen LogP contribution in [0.5, 0.6) is 0 Å². The number of hydrazine groups is 1. The monoisotopic (exact) mass is 142 g/mol. The first-order valence-corrected chi connectivity index (χ1v) is 3.83. The van der Waals surface area contributed by atoms with Crippen molar-refractivity contribution in [2.24, 2.45) is 0 Å². The molecule has 0 aromatic rings.